The van der Waals surface area contributed by atoms with Gasteiger partial charge in [-0.1, -0.05) is 18.9 Å². The number of nitrogens with one attached hydrogen (secondary N) is 2. The Morgan fingerprint density at radius 2 is 1.69 bits per heavy atom. The molecule has 1 fully saturated rings. The van der Waals surface area contributed by atoms with Gasteiger partial charge in [-0.15, -0.1) is 0 Å². The first-order valence-corrected chi connectivity index (χ1v) is 13.7. The summed E-state index contributed by atoms with van der Waals surface area (Å²) in [4.78, 5) is 38.4. The number of carbonyl (C=O) groups is 2. The molecule has 0 aliphatic carbocycles. The molecule has 0 saturated carbocycles. The van der Waals surface area contributed by atoms with E-state index in [1.54, 1.807) is 73.1 Å². The van der Waals surface area contributed by atoms with Gasteiger partial charge in [0.05, 0.1) is 24.9 Å². The zero-order valence-corrected chi connectivity index (χ0v) is 23.6. The molecule has 4 aromatic rings. The van der Waals surface area contributed by atoms with Gasteiger partial charge in [0, 0.05) is 55.6 Å². The van der Waals surface area contributed by atoms with Crippen LogP contribution in [0.5, 0.6) is 17.2 Å². The molecule has 0 atom stereocenters. The lowest BCUT2D eigenvalue weighted by atomic mass is 10.1. The maximum Gasteiger partial charge on any atom is 0.300 e. The zero-order valence-electron chi connectivity index (χ0n) is 23.6. The van der Waals surface area contributed by atoms with Crippen LogP contribution < -0.4 is 20.1 Å². The van der Waals surface area contributed by atoms with Gasteiger partial charge in [0.25, 0.3) is 11.8 Å². The molecule has 10 heteroatoms. The third-order valence-corrected chi connectivity index (χ3v) is 6.94. The van der Waals surface area contributed by atoms with Crippen molar-refractivity contribution in [3.63, 3.8) is 0 Å². The Labute approximate surface area is 244 Å². The Morgan fingerprint density at radius 1 is 0.905 bits per heavy atom. The van der Waals surface area contributed by atoms with Crippen molar-refractivity contribution in [1.82, 2.24) is 19.8 Å². The van der Waals surface area contributed by atoms with Gasteiger partial charge in [-0.25, -0.2) is 4.98 Å². The Bertz CT molecular complexity index is 1610. The number of pyridine rings is 2. The summed E-state index contributed by atoms with van der Waals surface area (Å²) in [5.41, 5.74) is 1.55. The lowest BCUT2D eigenvalue weighted by Gasteiger charge is -2.32. The van der Waals surface area contributed by atoms with E-state index in [-0.39, 0.29) is 5.91 Å². The number of hydrogen-bond donors (Lipinski definition) is 2. The number of aromatic nitrogens is 2. The van der Waals surface area contributed by atoms with E-state index >= 15 is 0 Å². The van der Waals surface area contributed by atoms with Crippen molar-refractivity contribution in [2.75, 3.05) is 57.0 Å². The van der Waals surface area contributed by atoms with Crippen LogP contribution in [-0.2, 0) is 4.79 Å². The fourth-order valence-corrected chi connectivity index (χ4v) is 4.58. The molecule has 3 heterocycles. The quantitative estimate of drug-likeness (QED) is 0.306. The highest BCUT2D eigenvalue weighted by Gasteiger charge is 2.15. The molecule has 2 aromatic heterocycles. The number of carbonyl (C=O) groups excluding carboxylic acids is 2. The molecule has 5 rings (SSSR count). The lowest BCUT2D eigenvalue weighted by Crippen LogP contribution is -2.46. The van der Waals surface area contributed by atoms with Gasteiger partial charge in [-0.2, -0.15) is 0 Å². The van der Waals surface area contributed by atoms with E-state index in [0.29, 0.717) is 51.8 Å². The average molecular weight is 565 g/mol. The largest absolute Gasteiger partial charge is 0.494 e. The van der Waals surface area contributed by atoms with Crippen molar-refractivity contribution in [3.8, 4) is 29.1 Å². The van der Waals surface area contributed by atoms with Crippen molar-refractivity contribution in [3.05, 3.63) is 78.6 Å². The number of fused-ring (bicyclic) bond motifs is 1. The molecule has 10 nitrogen and oxygen atoms in total. The average Bonchev–Trinajstić information content (AvgIpc) is 3.02. The first kappa shape index (κ1) is 28.5. The number of hydrogen-bond acceptors (Lipinski definition) is 8. The maximum atomic E-state index is 12.7. The Morgan fingerprint density at radius 3 is 2.40 bits per heavy atom. The fourth-order valence-electron chi connectivity index (χ4n) is 4.58. The highest BCUT2D eigenvalue weighted by molar-refractivity contribution is 6.06. The number of likely N-dealkylation sites (N-methyl/N-ethyl adjacent to an activating group) is 1. The molecule has 2 amide bonds. The summed E-state index contributed by atoms with van der Waals surface area (Å²) >= 11 is 0. The number of methoxy groups -OCH3 is 1. The molecule has 2 N–H and O–H groups in total. The standard InChI is InChI=1S/C32H32N6O4/c1-3-37-17-19-38(20-18-37)16-6-8-31(39)35-27-21-25-26(22-29(27)41-2)33-15-13-28(25)42-24-11-9-23(10-12-24)32(40)36-30-7-4-5-14-34-30/h4-5,7,9-15,21-22H,3,16-20H2,1-2H3,(H,35,39)(H,34,36,40). The molecule has 214 valence electrons. The molecule has 0 bridgehead atoms. The summed E-state index contributed by atoms with van der Waals surface area (Å²) in [5, 5.41) is 6.27. The Hall–Kier alpha value is -4.98. The number of anilines is 2. The van der Waals surface area contributed by atoms with Crippen LogP contribution in [0, 0.1) is 11.8 Å². The topological polar surface area (TPSA) is 109 Å². The monoisotopic (exact) mass is 564 g/mol. The lowest BCUT2D eigenvalue weighted by molar-refractivity contribution is -0.111. The minimum Gasteiger partial charge on any atom is -0.494 e. The molecule has 0 radical (unpaired) electrons. The second kappa shape index (κ2) is 13.6. The molecule has 0 unspecified atom stereocenters. The van der Waals surface area contributed by atoms with Crippen molar-refractivity contribution in [2.45, 2.75) is 6.92 Å². The summed E-state index contributed by atoms with van der Waals surface area (Å²) < 4.78 is 11.7. The number of rotatable bonds is 8. The van der Waals surface area contributed by atoms with Gasteiger partial charge < -0.3 is 25.0 Å². The minimum absolute atomic E-state index is 0.274. The molecule has 1 aliphatic rings. The minimum atomic E-state index is -0.425. The van der Waals surface area contributed by atoms with E-state index in [2.05, 4.69) is 49.2 Å². The van der Waals surface area contributed by atoms with Crippen molar-refractivity contribution in [2.24, 2.45) is 0 Å². The van der Waals surface area contributed by atoms with E-state index in [1.807, 2.05) is 0 Å². The second-order valence-electron chi connectivity index (χ2n) is 9.64. The highest BCUT2D eigenvalue weighted by Crippen LogP contribution is 2.35. The number of piperazine rings is 1. The predicted molar refractivity (Wildman–Crippen MR) is 162 cm³/mol. The van der Waals surface area contributed by atoms with E-state index in [9.17, 15) is 9.59 Å². The number of nitrogens with zero attached hydrogens (tertiary/aromatic N) is 4. The van der Waals surface area contributed by atoms with Gasteiger partial charge in [-0.3, -0.25) is 19.5 Å². The van der Waals surface area contributed by atoms with Crippen LogP contribution in [0.3, 0.4) is 0 Å². The van der Waals surface area contributed by atoms with Crippen LogP contribution in [0.2, 0.25) is 0 Å². The highest BCUT2D eigenvalue weighted by atomic mass is 16.5. The fraction of sp³-hybridized carbons (Fsp3) is 0.250. The zero-order chi connectivity index (χ0) is 29.3. The third-order valence-electron chi connectivity index (χ3n) is 6.94. The van der Waals surface area contributed by atoms with E-state index < -0.39 is 5.91 Å². The summed E-state index contributed by atoms with van der Waals surface area (Å²) in [6.07, 6.45) is 3.25. The smallest absolute Gasteiger partial charge is 0.300 e. The summed E-state index contributed by atoms with van der Waals surface area (Å²) in [5.74, 6) is 6.97. The van der Waals surface area contributed by atoms with Gasteiger partial charge in [0.1, 0.15) is 23.1 Å². The van der Waals surface area contributed by atoms with E-state index in [4.69, 9.17) is 9.47 Å². The van der Waals surface area contributed by atoms with Gasteiger partial charge >= 0.3 is 0 Å². The summed E-state index contributed by atoms with van der Waals surface area (Å²) in [7, 11) is 1.53. The van der Waals surface area contributed by atoms with Crippen LogP contribution >= 0.6 is 0 Å². The first-order valence-electron chi connectivity index (χ1n) is 13.7. The second-order valence-corrected chi connectivity index (χ2v) is 9.64. The summed E-state index contributed by atoms with van der Waals surface area (Å²) in [6.45, 7) is 7.68. The molecule has 1 saturated heterocycles. The molecular weight excluding hydrogens is 532 g/mol. The number of benzene rings is 2. The maximum absolute atomic E-state index is 12.7. The van der Waals surface area contributed by atoms with Crippen LogP contribution in [0.25, 0.3) is 10.9 Å². The van der Waals surface area contributed by atoms with Crippen LogP contribution in [0.4, 0.5) is 11.5 Å². The van der Waals surface area contributed by atoms with Crippen LogP contribution in [-0.4, -0.2) is 78.0 Å². The first-order chi connectivity index (χ1) is 20.5. The molecule has 1 aliphatic heterocycles. The number of amides is 2. The van der Waals surface area contributed by atoms with E-state index in [1.165, 1.54) is 7.11 Å². The van der Waals surface area contributed by atoms with Crippen molar-refractivity contribution in [1.29, 1.82) is 0 Å². The van der Waals surface area contributed by atoms with Gasteiger partial charge in [-0.05, 0) is 61.0 Å². The number of ether oxygens (including phenoxy) is 2. The van der Waals surface area contributed by atoms with Crippen LogP contribution in [0.1, 0.15) is 17.3 Å². The van der Waals surface area contributed by atoms with Crippen molar-refractivity contribution >= 4 is 34.2 Å². The Balaban J connectivity index is 1.27. The molecule has 42 heavy (non-hydrogen) atoms. The molecule has 2 aromatic carbocycles. The van der Waals surface area contributed by atoms with Gasteiger partial charge in [0.2, 0.25) is 0 Å². The van der Waals surface area contributed by atoms with E-state index in [0.717, 1.165) is 32.7 Å². The molecular formula is C32H32N6O4. The van der Waals surface area contributed by atoms with Gasteiger partial charge in [0.15, 0.2) is 0 Å². The summed E-state index contributed by atoms with van der Waals surface area (Å²) in [6, 6.07) is 17.3. The third kappa shape index (κ3) is 7.20. The Kier molecular flexibility index (Phi) is 9.23. The molecule has 0 spiro atoms. The SMILES string of the molecule is CCN1CCN(CC#CC(=O)Nc2cc3c(Oc4ccc(C(=O)Nc5ccccn5)cc4)ccnc3cc2OC)CC1. The predicted octanol–water partition coefficient (Wildman–Crippen LogP) is 4.26. The normalized spacial score (nSPS) is 13.6. The van der Waals surface area contributed by atoms with Crippen LogP contribution in [0.15, 0.2) is 73.1 Å². The van der Waals surface area contributed by atoms with Crippen molar-refractivity contribution < 1.29 is 19.1 Å².